The summed E-state index contributed by atoms with van der Waals surface area (Å²) in [5, 5.41) is 3.15. The van der Waals surface area contributed by atoms with E-state index in [0.717, 1.165) is 25.0 Å². The number of carbonyl (C=O) groups is 1. The summed E-state index contributed by atoms with van der Waals surface area (Å²) in [7, 11) is 0. The van der Waals surface area contributed by atoms with Crippen LogP contribution in [0, 0.1) is 12.8 Å². The van der Waals surface area contributed by atoms with Crippen LogP contribution in [0.2, 0.25) is 0 Å². The number of hydrogen-bond donors (Lipinski definition) is 2. The molecular weight excluding hydrogens is 238 g/mol. The van der Waals surface area contributed by atoms with Crippen molar-refractivity contribution in [1.29, 1.82) is 0 Å². The van der Waals surface area contributed by atoms with Crippen molar-refractivity contribution in [3.05, 3.63) is 29.6 Å². The molecule has 0 radical (unpaired) electrons. The number of amides is 1. The molecule has 2 rings (SSSR count). The lowest BCUT2D eigenvalue weighted by Crippen LogP contribution is -2.59. The second-order valence-corrected chi connectivity index (χ2v) is 5.63. The molecule has 1 aliphatic carbocycles. The maximum atomic E-state index is 12.3. The molecule has 1 aliphatic rings. The van der Waals surface area contributed by atoms with E-state index < -0.39 is 0 Å². The van der Waals surface area contributed by atoms with Crippen LogP contribution in [-0.4, -0.2) is 23.0 Å². The largest absolute Gasteiger partial charge is 0.344 e. The van der Waals surface area contributed by atoms with Gasteiger partial charge in [-0.2, -0.15) is 0 Å². The van der Waals surface area contributed by atoms with Crippen LogP contribution in [0.25, 0.3) is 0 Å². The fourth-order valence-corrected chi connectivity index (χ4v) is 2.91. The smallest absolute Gasteiger partial charge is 0.270 e. The van der Waals surface area contributed by atoms with Gasteiger partial charge in [0, 0.05) is 12.2 Å². The van der Waals surface area contributed by atoms with E-state index in [-0.39, 0.29) is 11.4 Å². The van der Waals surface area contributed by atoms with Crippen LogP contribution < -0.4 is 11.1 Å². The number of carbonyl (C=O) groups excluding carboxylic acids is 1. The molecule has 0 saturated heterocycles. The third-order valence-electron chi connectivity index (χ3n) is 4.30. The Kier molecular flexibility index (Phi) is 4.20. The van der Waals surface area contributed by atoms with Crippen LogP contribution in [0.5, 0.6) is 0 Å². The highest BCUT2D eigenvalue weighted by atomic mass is 16.2. The first-order chi connectivity index (χ1) is 9.07. The number of aromatic nitrogens is 1. The highest BCUT2D eigenvalue weighted by Crippen LogP contribution is 2.33. The highest BCUT2D eigenvalue weighted by Gasteiger charge is 2.38. The summed E-state index contributed by atoms with van der Waals surface area (Å²) in [4.78, 5) is 16.6. The van der Waals surface area contributed by atoms with Crippen molar-refractivity contribution in [3.8, 4) is 0 Å². The summed E-state index contributed by atoms with van der Waals surface area (Å²) in [6.07, 6.45) is 4.44. The van der Waals surface area contributed by atoms with Crippen molar-refractivity contribution in [2.75, 3.05) is 6.54 Å². The van der Waals surface area contributed by atoms with Gasteiger partial charge in [-0.05, 0) is 37.8 Å². The minimum atomic E-state index is -0.263. The predicted octanol–water partition coefficient (Wildman–Crippen LogP) is 2.03. The summed E-state index contributed by atoms with van der Waals surface area (Å²) < 4.78 is 0. The Morgan fingerprint density at radius 2 is 2.32 bits per heavy atom. The number of hydrogen-bond acceptors (Lipinski definition) is 3. The molecule has 4 heteroatoms. The lowest BCUT2D eigenvalue weighted by Gasteiger charge is -2.42. The molecule has 2 atom stereocenters. The van der Waals surface area contributed by atoms with E-state index >= 15 is 0 Å². The van der Waals surface area contributed by atoms with Crippen LogP contribution in [-0.2, 0) is 0 Å². The zero-order valence-corrected chi connectivity index (χ0v) is 11.8. The van der Waals surface area contributed by atoms with Crippen molar-refractivity contribution in [1.82, 2.24) is 10.3 Å². The average Bonchev–Trinajstić information content (AvgIpc) is 2.41. The van der Waals surface area contributed by atoms with Gasteiger partial charge in [0.2, 0.25) is 0 Å². The van der Waals surface area contributed by atoms with Crippen molar-refractivity contribution < 1.29 is 4.79 Å². The Morgan fingerprint density at radius 3 is 2.95 bits per heavy atom. The molecule has 1 fully saturated rings. The van der Waals surface area contributed by atoms with Crippen molar-refractivity contribution in [2.24, 2.45) is 11.7 Å². The second-order valence-electron chi connectivity index (χ2n) is 5.63. The summed E-state index contributed by atoms with van der Waals surface area (Å²) in [5.41, 5.74) is 7.02. The zero-order chi connectivity index (χ0) is 13.9. The normalized spacial score (nSPS) is 27.0. The SMILES string of the molecule is Cc1cccc(C(=O)NC2(CN)CCCCC2C)n1. The third-order valence-corrected chi connectivity index (χ3v) is 4.30. The molecule has 1 heterocycles. The maximum absolute atomic E-state index is 12.3. The van der Waals surface area contributed by atoms with Crippen LogP contribution in [0.15, 0.2) is 18.2 Å². The van der Waals surface area contributed by atoms with Gasteiger partial charge in [-0.1, -0.05) is 25.8 Å². The van der Waals surface area contributed by atoms with E-state index in [2.05, 4.69) is 17.2 Å². The van der Waals surface area contributed by atoms with Crippen molar-refractivity contribution >= 4 is 5.91 Å². The molecule has 1 aromatic rings. The predicted molar refractivity (Wildman–Crippen MR) is 75.9 cm³/mol. The van der Waals surface area contributed by atoms with Gasteiger partial charge in [0.1, 0.15) is 5.69 Å². The van der Waals surface area contributed by atoms with E-state index in [4.69, 9.17) is 5.73 Å². The molecule has 2 unspecified atom stereocenters. The molecule has 1 amide bonds. The van der Waals surface area contributed by atoms with Crippen molar-refractivity contribution in [2.45, 2.75) is 45.1 Å². The van der Waals surface area contributed by atoms with E-state index in [1.807, 2.05) is 19.1 Å². The van der Waals surface area contributed by atoms with Crippen LogP contribution in [0.3, 0.4) is 0 Å². The Balaban J connectivity index is 2.16. The number of nitrogens with zero attached hydrogens (tertiary/aromatic N) is 1. The first kappa shape index (κ1) is 14.0. The molecular formula is C15H23N3O. The number of aryl methyl sites for hydroxylation is 1. The van der Waals surface area contributed by atoms with Gasteiger partial charge >= 0.3 is 0 Å². The minimum absolute atomic E-state index is 0.108. The van der Waals surface area contributed by atoms with E-state index in [1.54, 1.807) is 6.07 Å². The maximum Gasteiger partial charge on any atom is 0.270 e. The van der Waals surface area contributed by atoms with Gasteiger partial charge < -0.3 is 11.1 Å². The molecule has 4 nitrogen and oxygen atoms in total. The number of nitrogens with two attached hydrogens (primary N) is 1. The molecule has 0 aliphatic heterocycles. The zero-order valence-electron chi connectivity index (χ0n) is 11.8. The number of rotatable bonds is 3. The fraction of sp³-hybridized carbons (Fsp3) is 0.600. The van der Waals surface area contributed by atoms with E-state index in [1.165, 1.54) is 6.42 Å². The monoisotopic (exact) mass is 261 g/mol. The molecule has 19 heavy (non-hydrogen) atoms. The first-order valence-corrected chi connectivity index (χ1v) is 7.03. The first-order valence-electron chi connectivity index (χ1n) is 7.03. The van der Waals surface area contributed by atoms with Gasteiger partial charge in [0.15, 0.2) is 0 Å². The van der Waals surface area contributed by atoms with Gasteiger partial charge in [-0.3, -0.25) is 4.79 Å². The Bertz CT molecular complexity index is 460. The summed E-state index contributed by atoms with van der Waals surface area (Å²) in [5.74, 6) is 0.308. The van der Waals surface area contributed by atoms with Gasteiger partial charge in [0.05, 0.1) is 5.54 Å². The summed E-state index contributed by atoms with van der Waals surface area (Å²) in [6, 6.07) is 5.50. The molecule has 104 valence electrons. The molecule has 1 aromatic heterocycles. The Morgan fingerprint density at radius 1 is 1.53 bits per heavy atom. The van der Waals surface area contributed by atoms with Gasteiger partial charge in [-0.15, -0.1) is 0 Å². The fourth-order valence-electron chi connectivity index (χ4n) is 2.91. The minimum Gasteiger partial charge on any atom is -0.344 e. The number of pyridine rings is 1. The van der Waals surface area contributed by atoms with E-state index in [9.17, 15) is 4.79 Å². The molecule has 1 saturated carbocycles. The Labute approximate surface area is 114 Å². The van der Waals surface area contributed by atoms with E-state index in [0.29, 0.717) is 18.2 Å². The van der Waals surface area contributed by atoms with Crippen LogP contribution >= 0.6 is 0 Å². The third kappa shape index (κ3) is 2.95. The lowest BCUT2D eigenvalue weighted by atomic mass is 9.73. The van der Waals surface area contributed by atoms with Crippen molar-refractivity contribution in [3.63, 3.8) is 0 Å². The van der Waals surface area contributed by atoms with Gasteiger partial charge in [0.25, 0.3) is 5.91 Å². The molecule has 0 bridgehead atoms. The highest BCUT2D eigenvalue weighted by molar-refractivity contribution is 5.92. The standard InChI is InChI=1S/C15H23N3O/c1-11-6-3-4-9-15(11,10-16)18-14(19)13-8-5-7-12(2)17-13/h5,7-8,11H,3-4,6,9-10,16H2,1-2H3,(H,18,19). The lowest BCUT2D eigenvalue weighted by molar-refractivity contribution is 0.0807. The topological polar surface area (TPSA) is 68.0 Å². The molecule has 0 spiro atoms. The molecule has 3 N–H and O–H groups in total. The average molecular weight is 261 g/mol. The second kappa shape index (κ2) is 5.70. The Hall–Kier alpha value is -1.42. The van der Waals surface area contributed by atoms with Crippen LogP contribution in [0.1, 0.15) is 48.8 Å². The van der Waals surface area contributed by atoms with Crippen LogP contribution in [0.4, 0.5) is 0 Å². The molecule has 0 aromatic carbocycles. The summed E-state index contributed by atoms with van der Waals surface area (Å²) >= 11 is 0. The summed E-state index contributed by atoms with van der Waals surface area (Å²) in [6.45, 7) is 4.56. The van der Waals surface area contributed by atoms with Gasteiger partial charge in [-0.25, -0.2) is 4.98 Å². The number of nitrogens with one attached hydrogen (secondary N) is 1. The quantitative estimate of drug-likeness (QED) is 0.874.